The van der Waals surface area contributed by atoms with Crippen LogP contribution in [0.25, 0.3) is 0 Å². The van der Waals surface area contributed by atoms with E-state index >= 15 is 0 Å². The molecule has 0 saturated carbocycles. The maximum absolute atomic E-state index is 13.3. The van der Waals surface area contributed by atoms with Gasteiger partial charge in [0, 0.05) is 30.3 Å². The van der Waals surface area contributed by atoms with E-state index in [1.165, 1.54) is 37.4 Å². The Morgan fingerprint density at radius 1 is 1.00 bits per heavy atom. The van der Waals surface area contributed by atoms with E-state index in [1.54, 1.807) is 55.6 Å². The zero-order valence-corrected chi connectivity index (χ0v) is 22.3. The minimum Gasteiger partial charge on any atom is -0.495 e. The molecule has 0 aliphatic carbocycles. The lowest BCUT2D eigenvalue weighted by Crippen LogP contribution is -2.19. The predicted molar refractivity (Wildman–Crippen MR) is 150 cm³/mol. The van der Waals surface area contributed by atoms with E-state index in [-0.39, 0.29) is 16.6 Å². The lowest BCUT2D eigenvalue weighted by molar-refractivity contribution is 0.262. The van der Waals surface area contributed by atoms with Crippen molar-refractivity contribution in [1.29, 1.82) is 0 Å². The van der Waals surface area contributed by atoms with Crippen molar-refractivity contribution in [2.24, 2.45) is 0 Å². The van der Waals surface area contributed by atoms with Crippen LogP contribution in [0.3, 0.4) is 0 Å². The first-order valence-electron chi connectivity index (χ1n) is 11.9. The van der Waals surface area contributed by atoms with Crippen LogP contribution in [0.2, 0.25) is 0 Å². The standard InChI is InChI=1S/C27H27FN6O4S/c1-4-39(36,37)22-12-13-24(38-3)23(17-22)32-26-29-15-14-25(33-26)34(2)21-10-8-19(9-11-21)30-27(35)31-20-7-5-6-18(28)16-20/h5-17H,4H2,1-3H3,(H,29,32,33)(H2,30,31,35). The maximum atomic E-state index is 13.3. The summed E-state index contributed by atoms with van der Waals surface area (Å²) in [5.41, 5.74) is 2.08. The molecule has 3 aromatic carbocycles. The third-order valence-corrected chi connectivity index (χ3v) is 7.47. The number of nitrogens with one attached hydrogen (secondary N) is 3. The number of amides is 2. The highest BCUT2D eigenvalue weighted by molar-refractivity contribution is 7.91. The van der Waals surface area contributed by atoms with E-state index in [9.17, 15) is 17.6 Å². The topological polar surface area (TPSA) is 126 Å². The zero-order valence-electron chi connectivity index (χ0n) is 21.5. The predicted octanol–water partition coefficient (Wildman–Crippen LogP) is 5.57. The first-order chi connectivity index (χ1) is 18.7. The summed E-state index contributed by atoms with van der Waals surface area (Å²) in [7, 11) is -0.105. The van der Waals surface area contributed by atoms with Gasteiger partial charge in [-0.1, -0.05) is 13.0 Å². The minimum atomic E-state index is -3.41. The van der Waals surface area contributed by atoms with Gasteiger partial charge in [-0.2, -0.15) is 4.98 Å². The van der Waals surface area contributed by atoms with Crippen molar-refractivity contribution in [3.63, 3.8) is 0 Å². The van der Waals surface area contributed by atoms with Gasteiger partial charge in [0.1, 0.15) is 17.4 Å². The molecule has 0 unspecified atom stereocenters. The number of nitrogens with zero attached hydrogens (tertiary/aromatic N) is 3. The molecule has 3 N–H and O–H groups in total. The van der Waals surface area contributed by atoms with E-state index < -0.39 is 21.7 Å². The van der Waals surface area contributed by atoms with Crippen molar-refractivity contribution in [2.75, 3.05) is 40.8 Å². The van der Waals surface area contributed by atoms with Crippen molar-refractivity contribution >= 4 is 50.4 Å². The maximum Gasteiger partial charge on any atom is 0.323 e. The summed E-state index contributed by atoms with van der Waals surface area (Å²) in [6.07, 6.45) is 1.58. The molecule has 0 fully saturated rings. The molecule has 12 heteroatoms. The molecule has 4 aromatic rings. The van der Waals surface area contributed by atoms with Crippen LogP contribution in [0.15, 0.2) is 83.9 Å². The fourth-order valence-corrected chi connectivity index (χ4v) is 4.53. The number of sulfone groups is 1. The highest BCUT2D eigenvalue weighted by atomic mass is 32.2. The number of carbonyl (C=O) groups is 1. The van der Waals surface area contributed by atoms with Gasteiger partial charge in [-0.25, -0.2) is 22.6 Å². The molecule has 39 heavy (non-hydrogen) atoms. The van der Waals surface area contributed by atoms with Gasteiger partial charge < -0.3 is 25.6 Å². The quantitative estimate of drug-likeness (QED) is 0.247. The van der Waals surface area contributed by atoms with Crippen molar-refractivity contribution in [1.82, 2.24) is 9.97 Å². The first-order valence-corrected chi connectivity index (χ1v) is 13.5. The fourth-order valence-electron chi connectivity index (χ4n) is 3.62. The van der Waals surface area contributed by atoms with E-state index in [2.05, 4.69) is 25.9 Å². The van der Waals surface area contributed by atoms with Crippen molar-refractivity contribution in [3.05, 3.63) is 84.8 Å². The smallest absolute Gasteiger partial charge is 0.323 e. The van der Waals surface area contributed by atoms with Crippen LogP contribution >= 0.6 is 0 Å². The second-order valence-corrected chi connectivity index (χ2v) is 10.6. The van der Waals surface area contributed by atoms with Gasteiger partial charge in [-0.05, 0) is 66.7 Å². The number of aromatic nitrogens is 2. The number of hydrogen-bond acceptors (Lipinski definition) is 8. The van der Waals surface area contributed by atoms with Crippen LogP contribution in [0, 0.1) is 5.82 Å². The van der Waals surface area contributed by atoms with Crippen molar-refractivity contribution < 1.29 is 22.3 Å². The van der Waals surface area contributed by atoms with E-state index in [1.807, 2.05) is 11.9 Å². The zero-order chi connectivity index (χ0) is 28.0. The highest BCUT2D eigenvalue weighted by Crippen LogP contribution is 2.31. The monoisotopic (exact) mass is 550 g/mol. The van der Waals surface area contributed by atoms with Crippen molar-refractivity contribution in [3.8, 4) is 5.75 Å². The molecule has 1 aromatic heterocycles. The normalized spacial score (nSPS) is 11.0. The Labute approximate surface area is 225 Å². The number of urea groups is 1. The molecule has 0 atom stereocenters. The fraction of sp³-hybridized carbons (Fsp3) is 0.148. The van der Waals surface area contributed by atoms with Crippen LogP contribution in [0.5, 0.6) is 5.75 Å². The molecule has 2 amide bonds. The Morgan fingerprint density at radius 2 is 1.74 bits per heavy atom. The Hall–Kier alpha value is -4.71. The molecule has 10 nitrogen and oxygen atoms in total. The summed E-state index contributed by atoms with van der Waals surface area (Å²) >= 11 is 0. The Morgan fingerprint density at radius 3 is 2.44 bits per heavy atom. The molecular weight excluding hydrogens is 523 g/mol. The van der Waals surface area contributed by atoms with Crippen molar-refractivity contribution in [2.45, 2.75) is 11.8 Å². The number of anilines is 6. The number of rotatable bonds is 9. The molecule has 4 rings (SSSR count). The molecule has 0 bridgehead atoms. The van der Waals surface area contributed by atoms with Gasteiger partial charge in [0.05, 0.1) is 23.4 Å². The third kappa shape index (κ3) is 6.79. The number of carbonyl (C=O) groups excluding carboxylic acids is 1. The summed E-state index contributed by atoms with van der Waals surface area (Å²) in [6.45, 7) is 1.58. The summed E-state index contributed by atoms with van der Waals surface area (Å²) in [6, 6.07) is 18.5. The SMILES string of the molecule is CCS(=O)(=O)c1ccc(OC)c(Nc2nccc(N(C)c3ccc(NC(=O)Nc4cccc(F)c4)cc3)n2)c1. The van der Waals surface area contributed by atoms with Crippen LogP contribution in [-0.4, -0.2) is 44.3 Å². The summed E-state index contributed by atoms with van der Waals surface area (Å²) in [5.74, 6) is 0.781. The molecular formula is C27H27FN6O4S. The van der Waals surface area contributed by atoms with Crippen LogP contribution < -0.4 is 25.6 Å². The highest BCUT2D eigenvalue weighted by Gasteiger charge is 2.16. The number of ether oxygens (including phenoxy) is 1. The minimum absolute atomic E-state index is 0.0262. The largest absolute Gasteiger partial charge is 0.495 e. The third-order valence-electron chi connectivity index (χ3n) is 5.74. The second-order valence-electron chi connectivity index (χ2n) is 8.32. The van der Waals surface area contributed by atoms with E-state index in [4.69, 9.17) is 4.74 Å². The lowest BCUT2D eigenvalue weighted by Gasteiger charge is -2.19. The van der Waals surface area contributed by atoms with Crippen LogP contribution in [0.1, 0.15) is 6.92 Å². The van der Waals surface area contributed by atoms with Gasteiger partial charge in [-0.15, -0.1) is 0 Å². The van der Waals surface area contributed by atoms with Gasteiger partial charge >= 0.3 is 6.03 Å². The summed E-state index contributed by atoms with van der Waals surface area (Å²) in [4.78, 5) is 23.0. The average Bonchev–Trinajstić information content (AvgIpc) is 2.93. The van der Waals surface area contributed by atoms with Crippen LogP contribution in [-0.2, 0) is 9.84 Å². The average molecular weight is 551 g/mol. The van der Waals surface area contributed by atoms with E-state index in [0.717, 1.165) is 5.69 Å². The number of methoxy groups -OCH3 is 1. The van der Waals surface area contributed by atoms with Gasteiger partial charge in [0.2, 0.25) is 5.95 Å². The molecule has 0 radical (unpaired) electrons. The number of hydrogen-bond donors (Lipinski definition) is 3. The molecule has 0 spiro atoms. The first kappa shape index (κ1) is 27.3. The van der Waals surface area contributed by atoms with Gasteiger partial charge in [0.25, 0.3) is 0 Å². The Balaban J connectivity index is 1.46. The van der Waals surface area contributed by atoms with Gasteiger partial charge in [-0.3, -0.25) is 0 Å². The lowest BCUT2D eigenvalue weighted by atomic mass is 10.2. The molecule has 202 valence electrons. The second kappa shape index (κ2) is 11.8. The number of benzene rings is 3. The molecule has 1 heterocycles. The molecule has 0 saturated heterocycles. The Bertz CT molecular complexity index is 1580. The molecule has 0 aliphatic heterocycles. The number of halogens is 1. The van der Waals surface area contributed by atoms with E-state index in [0.29, 0.717) is 28.6 Å². The molecule has 0 aliphatic rings. The Kier molecular flexibility index (Phi) is 8.25. The summed E-state index contributed by atoms with van der Waals surface area (Å²) in [5, 5.41) is 8.32. The summed E-state index contributed by atoms with van der Waals surface area (Å²) < 4.78 is 43.4. The van der Waals surface area contributed by atoms with Crippen LogP contribution in [0.4, 0.5) is 43.7 Å². The van der Waals surface area contributed by atoms with Gasteiger partial charge in [0.15, 0.2) is 9.84 Å².